The molecule has 7 rings (SSSR count). The maximum absolute atomic E-state index is 15.5. The number of fused-ring (bicyclic) bond motifs is 4. The van der Waals surface area contributed by atoms with Crippen LogP contribution in [-0.4, -0.2) is 89.7 Å². The van der Waals surface area contributed by atoms with Gasteiger partial charge in [-0.05, 0) is 77.4 Å². The average molecular weight is 735 g/mol. The number of rotatable bonds is 6. The highest BCUT2D eigenvalue weighted by Crippen LogP contribution is 2.50. The Bertz CT molecular complexity index is 2150. The highest BCUT2D eigenvalue weighted by Gasteiger charge is 2.43. The van der Waals surface area contributed by atoms with Gasteiger partial charge in [-0.3, -0.25) is 10.1 Å². The molecule has 4 aromatic rings. The Morgan fingerprint density at radius 1 is 1.22 bits per heavy atom. The summed E-state index contributed by atoms with van der Waals surface area (Å²) < 4.78 is 27.2. The second kappa shape index (κ2) is 12.7. The third-order valence-corrected chi connectivity index (χ3v) is 11.5. The molecule has 0 radical (unpaired) electrons. The lowest BCUT2D eigenvalue weighted by atomic mass is 9.90. The van der Waals surface area contributed by atoms with Gasteiger partial charge in [0, 0.05) is 37.6 Å². The minimum absolute atomic E-state index is 0.0136. The molecule has 268 valence electrons. The van der Waals surface area contributed by atoms with Crippen molar-refractivity contribution in [3.63, 3.8) is 0 Å². The SMILES string of the molecule is CN1CCC[C@@H](Nc2nc(N3CC(C)(N(C)C)C3)nc3c(Cl)c(-c4ccc(F)c5sc(NC(=O)OC(C)(C)C)c(C#N)c45)c4c(c23)COC4)C1=O. The number of halogens is 2. The van der Waals surface area contributed by atoms with Gasteiger partial charge in [-0.2, -0.15) is 10.2 Å². The van der Waals surface area contributed by atoms with Crippen molar-refractivity contribution in [2.75, 3.05) is 56.3 Å². The van der Waals surface area contributed by atoms with Crippen molar-refractivity contribution in [3.8, 4) is 17.2 Å². The molecule has 15 heteroatoms. The molecule has 1 atom stereocenters. The Labute approximate surface area is 304 Å². The molecule has 2 saturated heterocycles. The first-order valence-electron chi connectivity index (χ1n) is 16.8. The summed E-state index contributed by atoms with van der Waals surface area (Å²) >= 11 is 8.39. The number of nitrogens with one attached hydrogen (secondary N) is 2. The first-order chi connectivity index (χ1) is 24.1. The molecule has 2 amide bonds. The number of likely N-dealkylation sites (N-methyl/N-ethyl adjacent to an activating group) is 2. The van der Waals surface area contributed by atoms with Crippen molar-refractivity contribution in [3.05, 3.63) is 39.7 Å². The fourth-order valence-corrected chi connectivity index (χ4v) is 8.47. The van der Waals surface area contributed by atoms with Gasteiger partial charge in [-0.1, -0.05) is 17.7 Å². The van der Waals surface area contributed by atoms with Gasteiger partial charge in [0.05, 0.1) is 44.9 Å². The molecule has 51 heavy (non-hydrogen) atoms. The quantitative estimate of drug-likeness (QED) is 0.220. The van der Waals surface area contributed by atoms with Crippen LogP contribution >= 0.6 is 22.9 Å². The van der Waals surface area contributed by atoms with E-state index in [0.29, 0.717) is 65.2 Å². The number of carbonyl (C=O) groups excluding carboxylic acids is 2. The fraction of sp³-hybridized carbons (Fsp3) is 0.472. The van der Waals surface area contributed by atoms with Crippen LogP contribution in [0.4, 0.5) is 26.0 Å². The van der Waals surface area contributed by atoms with E-state index in [2.05, 4.69) is 33.4 Å². The molecule has 2 N–H and O–H groups in total. The third-order valence-electron chi connectivity index (χ3n) is 9.97. The summed E-state index contributed by atoms with van der Waals surface area (Å²) in [6, 6.07) is 4.64. The van der Waals surface area contributed by atoms with E-state index in [1.807, 2.05) is 14.1 Å². The average Bonchev–Trinajstić information content (AvgIpc) is 3.67. The largest absolute Gasteiger partial charge is 0.444 e. The van der Waals surface area contributed by atoms with Gasteiger partial charge in [0.2, 0.25) is 11.9 Å². The lowest BCUT2D eigenvalue weighted by Crippen LogP contribution is -2.67. The van der Waals surface area contributed by atoms with Crippen LogP contribution in [0.15, 0.2) is 12.1 Å². The summed E-state index contributed by atoms with van der Waals surface area (Å²) in [6.07, 6.45) is 0.746. The summed E-state index contributed by atoms with van der Waals surface area (Å²) in [5.74, 6) is 0.408. The van der Waals surface area contributed by atoms with Gasteiger partial charge in [0.15, 0.2) is 0 Å². The number of nitrogens with zero attached hydrogens (tertiary/aromatic N) is 6. The normalized spacial score (nSPS) is 18.6. The number of aromatic nitrogens is 2. The second-order valence-corrected chi connectivity index (χ2v) is 16.3. The standard InChI is InChI=1S/C36H40ClFN8O4S/c1-35(2,3)50-34(48)43-31-19(13-39)25-18(10-11-22(38)29(25)51-31)24-20-14-49-15-21(20)26-28(27(24)37)41-33(46-16-36(4,17-46)44(5)6)42-30(26)40-23-9-8-12-45(7)32(23)47/h10-11,23H,8-9,12,14-17H2,1-7H3,(H,43,48)(H,40,41,42)/t23-/m1/s1. The van der Waals surface area contributed by atoms with Gasteiger partial charge in [0.1, 0.15) is 34.3 Å². The molecule has 0 bridgehead atoms. The van der Waals surface area contributed by atoms with Crippen LogP contribution in [0, 0.1) is 17.1 Å². The Morgan fingerprint density at radius 2 is 1.94 bits per heavy atom. The van der Waals surface area contributed by atoms with Crippen LogP contribution in [-0.2, 0) is 27.5 Å². The Morgan fingerprint density at radius 3 is 2.63 bits per heavy atom. The number of benzene rings is 2. The molecular formula is C36H40ClFN8O4S. The first-order valence-corrected chi connectivity index (χ1v) is 18.0. The number of nitriles is 1. The Kier molecular flexibility index (Phi) is 8.77. The molecule has 2 aromatic heterocycles. The zero-order valence-electron chi connectivity index (χ0n) is 29.7. The number of thiophene rings is 1. The maximum atomic E-state index is 15.5. The topological polar surface area (TPSA) is 136 Å². The highest BCUT2D eigenvalue weighted by atomic mass is 35.5. The first kappa shape index (κ1) is 35.1. The van der Waals surface area contributed by atoms with E-state index in [-0.39, 0.29) is 44.9 Å². The number of carbonyl (C=O) groups is 2. The molecule has 5 heterocycles. The summed E-state index contributed by atoms with van der Waals surface area (Å²) in [5.41, 5.74) is 2.32. The van der Waals surface area contributed by atoms with Gasteiger partial charge in [-0.25, -0.2) is 14.2 Å². The number of anilines is 3. The van der Waals surface area contributed by atoms with Crippen molar-refractivity contribution in [1.82, 2.24) is 19.8 Å². The summed E-state index contributed by atoms with van der Waals surface area (Å²) in [4.78, 5) is 42.1. The summed E-state index contributed by atoms with van der Waals surface area (Å²) in [7, 11) is 5.89. The fourth-order valence-electron chi connectivity index (χ4n) is 7.05. The Balaban J connectivity index is 1.44. The maximum Gasteiger partial charge on any atom is 0.412 e. The van der Waals surface area contributed by atoms with E-state index in [1.54, 1.807) is 38.8 Å². The van der Waals surface area contributed by atoms with Gasteiger partial charge in [-0.15, -0.1) is 11.3 Å². The molecule has 0 saturated carbocycles. The van der Waals surface area contributed by atoms with E-state index in [0.717, 1.165) is 28.9 Å². The van der Waals surface area contributed by atoms with Gasteiger partial charge < -0.3 is 29.5 Å². The second-order valence-electron chi connectivity index (χ2n) is 14.9. The minimum atomic E-state index is -0.779. The molecule has 3 aliphatic rings. The third kappa shape index (κ3) is 6.09. The van der Waals surface area contributed by atoms with Gasteiger partial charge >= 0.3 is 6.09 Å². The van der Waals surface area contributed by atoms with E-state index in [1.165, 1.54) is 6.07 Å². The van der Waals surface area contributed by atoms with Crippen molar-refractivity contribution in [2.45, 2.75) is 70.9 Å². The molecule has 2 fully saturated rings. The molecule has 0 spiro atoms. The highest BCUT2D eigenvalue weighted by molar-refractivity contribution is 7.23. The van der Waals surface area contributed by atoms with Crippen LogP contribution in [0.3, 0.4) is 0 Å². The lowest BCUT2D eigenvalue weighted by Gasteiger charge is -2.51. The van der Waals surface area contributed by atoms with Crippen LogP contribution in [0.5, 0.6) is 0 Å². The van der Waals surface area contributed by atoms with Crippen molar-refractivity contribution in [2.24, 2.45) is 0 Å². The van der Waals surface area contributed by atoms with E-state index >= 15 is 4.39 Å². The number of likely N-dealkylation sites (tertiary alicyclic amines) is 1. The molecule has 2 aromatic carbocycles. The summed E-state index contributed by atoms with van der Waals surface area (Å²) in [5, 5.41) is 18.0. The van der Waals surface area contributed by atoms with Crippen LogP contribution in [0.25, 0.3) is 32.1 Å². The predicted octanol–water partition coefficient (Wildman–Crippen LogP) is 6.73. The van der Waals surface area contributed by atoms with Crippen LogP contribution in [0.1, 0.15) is 57.2 Å². The number of hydrogen-bond donors (Lipinski definition) is 2. The summed E-state index contributed by atoms with van der Waals surface area (Å²) in [6.45, 7) is 9.86. The molecule has 3 aliphatic heterocycles. The number of ether oxygens (including phenoxy) is 2. The number of hydrogen-bond acceptors (Lipinski definition) is 11. The lowest BCUT2D eigenvalue weighted by molar-refractivity contribution is -0.132. The molecule has 0 aliphatic carbocycles. The zero-order chi connectivity index (χ0) is 36.6. The minimum Gasteiger partial charge on any atom is -0.444 e. The number of piperidine rings is 1. The van der Waals surface area contributed by atoms with Crippen molar-refractivity contribution < 1.29 is 23.5 Å². The predicted molar refractivity (Wildman–Crippen MR) is 197 cm³/mol. The van der Waals surface area contributed by atoms with Crippen LogP contribution < -0.4 is 15.5 Å². The zero-order valence-corrected chi connectivity index (χ0v) is 31.2. The monoisotopic (exact) mass is 734 g/mol. The van der Waals surface area contributed by atoms with E-state index in [9.17, 15) is 14.9 Å². The molecule has 12 nitrogen and oxygen atoms in total. The van der Waals surface area contributed by atoms with Crippen molar-refractivity contribution in [1.29, 1.82) is 5.26 Å². The van der Waals surface area contributed by atoms with Crippen molar-refractivity contribution >= 4 is 72.7 Å². The smallest absolute Gasteiger partial charge is 0.412 e. The molecular weight excluding hydrogens is 695 g/mol. The van der Waals surface area contributed by atoms with Crippen LogP contribution in [0.2, 0.25) is 5.02 Å². The van der Waals surface area contributed by atoms with E-state index < -0.39 is 23.6 Å². The molecule has 0 unspecified atom stereocenters. The Hall–Kier alpha value is -4.29. The van der Waals surface area contributed by atoms with E-state index in [4.69, 9.17) is 31.0 Å². The number of amides is 2. The van der Waals surface area contributed by atoms with Gasteiger partial charge in [0.25, 0.3) is 0 Å².